The normalized spacial score (nSPS) is 11.7. The van der Waals surface area contributed by atoms with Crippen molar-refractivity contribution in [2.45, 2.75) is 32.7 Å². The highest BCUT2D eigenvalue weighted by Crippen LogP contribution is 2.12. The van der Waals surface area contributed by atoms with Gasteiger partial charge in [-0.1, -0.05) is 6.92 Å². The minimum absolute atomic E-state index is 0.163. The van der Waals surface area contributed by atoms with Gasteiger partial charge in [-0.15, -0.1) is 0 Å². The van der Waals surface area contributed by atoms with E-state index in [0.29, 0.717) is 11.9 Å². The predicted molar refractivity (Wildman–Crippen MR) is 72.1 cm³/mol. The third-order valence-corrected chi connectivity index (χ3v) is 2.21. The number of hydrogen-bond acceptors (Lipinski definition) is 7. The number of primary amides is 1. The van der Waals surface area contributed by atoms with Gasteiger partial charge in [-0.2, -0.15) is 15.0 Å². The Morgan fingerprint density at radius 1 is 1.37 bits per heavy atom. The average Bonchev–Trinajstić information content (AvgIpc) is 2.34. The first kappa shape index (κ1) is 14.9. The second-order valence-electron chi connectivity index (χ2n) is 4.11. The second kappa shape index (κ2) is 7.34. The van der Waals surface area contributed by atoms with Crippen LogP contribution in [0.5, 0.6) is 6.01 Å². The number of nitrogens with one attached hydrogen (secondary N) is 2. The maximum Gasteiger partial charge on any atom is 0.322 e. The fourth-order valence-electron chi connectivity index (χ4n) is 1.40. The lowest BCUT2D eigenvalue weighted by atomic mass is 10.2. The third kappa shape index (κ3) is 5.36. The van der Waals surface area contributed by atoms with Gasteiger partial charge in [0.1, 0.15) is 0 Å². The lowest BCUT2D eigenvalue weighted by molar-refractivity contribution is -0.118. The lowest BCUT2D eigenvalue weighted by Crippen LogP contribution is -2.25. The molecule has 8 heteroatoms. The lowest BCUT2D eigenvalue weighted by Gasteiger charge is -2.13. The number of carbonyl (C=O) groups is 1. The van der Waals surface area contributed by atoms with Crippen molar-refractivity contribution >= 4 is 17.8 Å². The summed E-state index contributed by atoms with van der Waals surface area (Å²) in [6.45, 7) is 4.61. The van der Waals surface area contributed by atoms with Crippen LogP contribution in [-0.4, -0.2) is 40.6 Å². The number of amides is 1. The van der Waals surface area contributed by atoms with Crippen LogP contribution < -0.4 is 21.1 Å². The second-order valence-corrected chi connectivity index (χ2v) is 4.11. The topological polar surface area (TPSA) is 115 Å². The summed E-state index contributed by atoms with van der Waals surface area (Å²) in [5.74, 6) is 0.395. The van der Waals surface area contributed by atoms with Gasteiger partial charge in [0.05, 0.1) is 7.11 Å². The van der Waals surface area contributed by atoms with Crippen molar-refractivity contribution in [1.29, 1.82) is 0 Å². The van der Waals surface area contributed by atoms with Crippen molar-refractivity contribution in [3.8, 4) is 6.01 Å². The number of methoxy groups -OCH3 is 1. The van der Waals surface area contributed by atoms with E-state index in [9.17, 15) is 4.79 Å². The summed E-state index contributed by atoms with van der Waals surface area (Å²) < 4.78 is 5.00. The Morgan fingerprint density at radius 2 is 2.05 bits per heavy atom. The molecule has 4 N–H and O–H groups in total. The van der Waals surface area contributed by atoms with E-state index < -0.39 is 0 Å². The number of hydrogen-bond donors (Lipinski definition) is 3. The molecule has 0 aliphatic carbocycles. The van der Waals surface area contributed by atoms with E-state index in [2.05, 4.69) is 25.6 Å². The van der Waals surface area contributed by atoms with E-state index in [1.54, 1.807) is 0 Å². The summed E-state index contributed by atoms with van der Waals surface area (Å²) >= 11 is 0. The van der Waals surface area contributed by atoms with E-state index in [4.69, 9.17) is 10.5 Å². The third-order valence-electron chi connectivity index (χ3n) is 2.21. The number of rotatable bonds is 8. The zero-order valence-electron chi connectivity index (χ0n) is 11.4. The molecule has 0 saturated carbocycles. The van der Waals surface area contributed by atoms with Gasteiger partial charge < -0.3 is 21.1 Å². The fraction of sp³-hybridized carbons (Fsp3) is 0.636. The maximum atomic E-state index is 10.8. The molecule has 106 valence electrons. The Morgan fingerprint density at radius 3 is 2.63 bits per heavy atom. The summed E-state index contributed by atoms with van der Waals surface area (Å²) in [7, 11) is 1.48. The first-order chi connectivity index (χ1) is 9.05. The van der Waals surface area contributed by atoms with Gasteiger partial charge in [-0.25, -0.2) is 0 Å². The number of nitrogens with two attached hydrogens (primary N) is 1. The number of carbonyl (C=O) groups excluding carboxylic acids is 1. The van der Waals surface area contributed by atoms with Crippen LogP contribution >= 0.6 is 0 Å². The Hall–Kier alpha value is -2.12. The van der Waals surface area contributed by atoms with Gasteiger partial charge in [0.15, 0.2) is 0 Å². The zero-order valence-corrected chi connectivity index (χ0v) is 11.4. The van der Waals surface area contributed by atoms with Crippen molar-refractivity contribution in [2.75, 3.05) is 24.3 Å². The number of nitrogens with zero attached hydrogens (tertiary/aromatic N) is 3. The van der Waals surface area contributed by atoms with Gasteiger partial charge in [-0.3, -0.25) is 4.79 Å². The molecule has 0 radical (unpaired) electrons. The molecular formula is C11H20N6O2. The van der Waals surface area contributed by atoms with Gasteiger partial charge in [-0.05, 0) is 13.3 Å². The molecule has 0 spiro atoms. The van der Waals surface area contributed by atoms with Crippen molar-refractivity contribution < 1.29 is 9.53 Å². The van der Waals surface area contributed by atoms with E-state index in [-0.39, 0.29) is 24.4 Å². The first-order valence-electron chi connectivity index (χ1n) is 6.14. The van der Waals surface area contributed by atoms with Crippen LogP contribution in [0.1, 0.15) is 26.7 Å². The van der Waals surface area contributed by atoms with Crippen LogP contribution in [0.4, 0.5) is 11.9 Å². The van der Waals surface area contributed by atoms with Crippen LogP contribution in [0.15, 0.2) is 0 Å². The molecule has 0 aliphatic rings. The molecule has 1 aromatic heterocycles. The van der Waals surface area contributed by atoms with E-state index in [1.807, 2.05) is 13.8 Å². The van der Waals surface area contributed by atoms with Crippen molar-refractivity contribution in [2.24, 2.45) is 5.73 Å². The van der Waals surface area contributed by atoms with E-state index in [1.165, 1.54) is 7.11 Å². The minimum atomic E-state index is -0.384. The molecule has 1 atom stereocenters. The number of anilines is 2. The summed E-state index contributed by atoms with van der Waals surface area (Å²) in [5.41, 5.74) is 5.13. The molecule has 0 saturated heterocycles. The van der Waals surface area contributed by atoms with Crippen LogP contribution in [-0.2, 0) is 4.79 Å². The van der Waals surface area contributed by atoms with Crippen LogP contribution in [0, 0.1) is 0 Å². The van der Waals surface area contributed by atoms with E-state index in [0.717, 1.165) is 13.0 Å². The highest BCUT2D eigenvalue weighted by Gasteiger charge is 2.11. The Balaban J connectivity index is 2.78. The van der Waals surface area contributed by atoms with Crippen molar-refractivity contribution in [3.05, 3.63) is 0 Å². The molecule has 1 heterocycles. The van der Waals surface area contributed by atoms with Gasteiger partial charge in [0.2, 0.25) is 17.8 Å². The van der Waals surface area contributed by atoms with E-state index >= 15 is 0 Å². The standard InChI is InChI=1S/C11H20N6O2/c1-4-5-13-9-15-10(17-11(16-9)19-3)14-7(2)6-8(12)18/h7H,4-6H2,1-3H3,(H2,12,18)(H2,13,14,15,16,17). The minimum Gasteiger partial charge on any atom is -0.467 e. The molecule has 0 bridgehead atoms. The largest absolute Gasteiger partial charge is 0.467 e. The maximum absolute atomic E-state index is 10.8. The molecule has 0 aliphatic heterocycles. The highest BCUT2D eigenvalue weighted by atomic mass is 16.5. The fourth-order valence-corrected chi connectivity index (χ4v) is 1.40. The molecule has 0 aromatic carbocycles. The van der Waals surface area contributed by atoms with Crippen LogP contribution in [0.3, 0.4) is 0 Å². The molecule has 1 amide bonds. The van der Waals surface area contributed by atoms with Gasteiger partial charge in [0.25, 0.3) is 0 Å². The molecule has 1 unspecified atom stereocenters. The molecule has 0 fully saturated rings. The Labute approximate surface area is 112 Å². The smallest absolute Gasteiger partial charge is 0.322 e. The molecule has 8 nitrogen and oxygen atoms in total. The van der Waals surface area contributed by atoms with Crippen molar-refractivity contribution in [3.63, 3.8) is 0 Å². The summed E-state index contributed by atoms with van der Waals surface area (Å²) in [5, 5.41) is 6.03. The number of ether oxygens (including phenoxy) is 1. The van der Waals surface area contributed by atoms with Crippen molar-refractivity contribution in [1.82, 2.24) is 15.0 Å². The summed E-state index contributed by atoms with van der Waals surface area (Å²) in [6, 6.07) is 0.0472. The quantitative estimate of drug-likeness (QED) is 0.624. The molecule has 1 aromatic rings. The van der Waals surface area contributed by atoms with Gasteiger partial charge in [0, 0.05) is 19.0 Å². The molecule has 1 rings (SSSR count). The van der Waals surface area contributed by atoms with Crippen LogP contribution in [0.2, 0.25) is 0 Å². The first-order valence-corrected chi connectivity index (χ1v) is 6.14. The van der Waals surface area contributed by atoms with Crippen LogP contribution in [0.25, 0.3) is 0 Å². The monoisotopic (exact) mass is 268 g/mol. The Kier molecular flexibility index (Phi) is 5.77. The average molecular weight is 268 g/mol. The summed E-state index contributed by atoms with van der Waals surface area (Å²) in [4.78, 5) is 23.1. The highest BCUT2D eigenvalue weighted by molar-refractivity contribution is 5.74. The molecular weight excluding hydrogens is 248 g/mol. The number of aromatic nitrogens is 3. The zero-order chi connectivity index (χ0) is 14.3. The predicted octanol–water partition coefficient (Wildman–Crippen LogP) is 0.378. The summed E-state index contributed by atoms with van der Waals surface area (Å²) in [6.07, 6.45) is 1.15. The van der Waals surface area contributed by atoms with Gasteiger partial charge >= 0.3 is 6.01 Å². The molecule has 19 heavy (non-hydrogen) atoms. The Bertz CT molecular complexity index is 426. The SMILES string of the molecule is CCCNc1nc(NC(C)CC(N)=O)nc(OC)n1.